The summed E-state index contributed by atoms with van der Waals surface area (Å²) in [6.45, 7) is 0.310. The average molecular weight is 281 g/mol. The molecule has 0 unspecified atom stereocenters. The van der Waals surface area contributed by atoms with Crippen LogP contribution in [0.2, 0.25) is 0 Å². The number of halogens is 1. The van der Waals surface area contributed by atoms with Crippen LogP contribution in [-0.2, 0) is 6.61 Å². The lowest BCUT2D eigenvalue weighted by Crippen LogP contribution is -1.93. The van der Waals surface area contributed by atoms with Gasteiger partial charge in [0.1, 0.15) is 18.1 Å². The molecule has 0 saturated carbocycles. The smallest absolute Gasteiger partial charge is 0.185 e. The maximum Gasteiger partial charge on any atom is 0.185 e. The summed E-state index contributed by atoms with van der Waals surface area (Å²) in [6.07, 6.45) is 0.669. The molecular weight excluding hydrogens is 272 g/mol. The Bertz CT molecular complexity index is 491. The Kier molecular flexibility index (Phi) is 3.41. The summed E-state index contributed by atoms with van der Waals surface area (Å²) in [5, 5.41) is 0. The van der Waals surface area contributed by atoms with Gasteiger partial charge < -0.3 is 9.15 Å². The lowest BCUT2D eigenvalue weighted by atomic mass is 10.3. The van der Waals surface area contributed by atoms with Crippen molar-refractivity contribution in [3.63, 3.8) is 0 Å². The zero-order valence-electron chi connectivity index (χ0n) is 8.35. The molecule has 0 fully saturated rings. The SMILES string of the molecule is O=Cc1ccc(COc2cccc(Br)c2)o1. The van der Waals surface area contributed by atoms with Gasteiger partial charge in [-0.05, 0) is 30.3 Å². The minimum Gasteiger partial charge on any atom is -0.486 e. The van der Waals surface area contributed by atoms with Gasteiger partial charge in [-0.15, -0.1) is 0 Å². The van der Waals surface area contributed by atoms with Crippen LogP contribution < -0.4 is 4.74 Å². The highest BCUT2D eigenvalue weighted by Crippen LogP contribution is 2.19. The van der Waals surface area contributed by atoms with Gasteiger partial charge in [-0.3, -0.25) is 4.79 Å². The second kappa shape index (κ2) is 4.99. The van der Waals surface area contributed by atoms with E-state index in [1.54, 1.807) is 12.1 Å². The van der Waals surface area contributed by atoms with Gasteiger partial charge in [0.25, 0.3) is 0 Å². The predicted molar refractivity (Wildman–Crippen MR) is 62.6 cm³/mol. The Morgan fingerprint density at radius 3 is 2.88 bits per heavy atom. The first-order chi connectivity index (χ1) is 7.78. The molecule has 2 rings (SSSR count). The van der Waals surface area contributed by atoms with E-state index in [0.29, 0.717) is 24.4 Å². The lowest BCUT2D eigenvalue weighted by Gasteiger charge is -2.03. The van der Waals surface area contributed by atoms with Gasteiger partial charge in [0.2, 0.25) is 0 Å². The van der Waals surface area contributed by atoms with Crippen LogP contribution in [0.15, 0.2) is 45.3 Å². The largest absolute Gasteiger partial charge is 0.486 e. The summed E-state index contributed by atoms with van der Waals surface area (Å²) in [6, 6.07) is 10.9. The molecule has 4 heteroatoms. The molecular formula is C12H9BrO3. The van der Waals surface area contributed by atoms with Crippen molar-refractivity contribution in [1.82, 2.24) is 0 Å². The molecule has 0 aliphatic rings. The van der Waals surface area contributed by atoms with E-state index in [4.69, 9.17) is 9.15 Å². The van der Waals surface area contributed by atoms with Crippen LogP contribution in [0, 0.1) is 0 Å². The third kappa shape index (κ3) is 2.73. The second-order valence-electron chi connectivity index (χ2n) is 3.17. The zero-order valence-corrected chi connectivity index (χ0v) is 9.94. The number of carbonyl (C=O) groups excluding carboxylic acids is 1. The fraction of sp³-hybridized carbons (Fsp3) is 0.0833. The molecule has 0 spiro atoms. The summed E-state index contributed by atoms with van der Waals surface area (Å²) >= 11 is 3.35. The maximum atomic E-state index is 10.4. The molecule has 82 valence electrons. The second-order valence-corrected chi connectivity index (χ2v) is 4.08. The van der Waals surface area contributed by atoms with Crippen molar-refractivity contribution >= 4 is 22.2 Å². The lowest BCUT2D eigenvalue weighted by molar-refractivity contribution is 0.109. The standard InChI is InChI=1S/C12H9BrO3/c13-9-2-1-3-10(6-9)15-8-12-5-4-11(7-14)16-12/h1-7H,8H2. The Morgan fingerprint density at radius 1 is 1.31 bits per heavy atom. The number of carbonyl (C=O) groups is 1. The van der Waals surface area contributed by atoms with Crippen molar-refractivity contribution in [2.75, 3.05) is 0 Å². The normalized spacial score (nSPS) is 10.1. The van der Waals surface area contributed by atoms with Gasteiger partial charge in [0, 0.05) is 4.47 Å². The van der Waals surface area contributed by atoms with Crippen LogP contribution in [-0.4, -0.2) is 6.29 Å². The minimum atomic E-state index is 0.310. The van der Waals surface area contributed by atoms with Gasteiger partial charge in [-0.1, -0.05) is 22.0 Å². The first-order valence-corrected chi connectivity index (χ1v) is 5.49. The fourth-order valence-electron chi connectivity index (χ4n) is 1.25. The molecule has 0 aliphatic heterocycles. The third-order valence-electron chi connectivity index (χ3n) is 1.98. The van der Waals surface area contributed by atoms with Gasteiger partial charge in [-0.2, -0.15) is 0 Å². The van der Waals surface area contributed by atoms with Gasteiger partial charge in [0.05, 0.1) is 0 Å². The molecule has 0 N–H and O–H groups in total. The van der Waals surface area contributed by atoms with Crippen molar-refractivity contribution < 1.29 is 13.9 Å². The summed E-state index contributed by atoms with van der Waals surface area (Å²) in [5.41, 5.74) is 0. The Hall–Kier alpha value is -1.55. The summed E-state index contributed by atoms with van der Waals surface area (Å²) in [5.74, 6) is 1.69. The van der Waals surface area contributed by atoms with Gasteiger partial charge >= 0.3 is 0 Å². The number of benzene rings is 1. The summed E-state index contributed by atoms with van der Waals surface area (Å²) < 4.78 is 11.6. The number of rotatable bonds is 4. The van der Waals surface area contributed by atoms with Crippen LogP contribution >= 0.6 is 15.9 Å². The number of hydrogen-bond acceptors (Lipinski definition) is 3. The Morgan fingerprint density at radius 2 is 2.19 bits per heavy atom. The molecule has 1 aromatic carbocycles. The van der Waals surface area contributed by atoms with Crippen LogP contribution in [0.1, 0.15) is 16.3 Å². The molecule has 2 aromatic rings. The molecule has 0 radical (unpaired) electrons. The van der Waals surface area contributed by atoms with E-state index >= 15 is 0 Å². The van der Waals surface area contributed by atoms with Crippen LogP contribution in [0.5, 0.6) is 5.75 Å². The third-order valence-corrected chi connectivity index (χ3v) is 2.47. The van der Waals surface area contributed by atoms with E-state index in [1.165, 1.54) is 0 Å². The van der Waals surface area contributed by atoms with Crippen LogP contribution in [0.25, 0.3) is 0 Å². The number of aldehydes is 1. The first kappa shape index (κ1) is 11.0. The topological polar surface area (TPSA) is 39.4 Å². The quantitative estimate of drug-likeness (QED) is 0.806. The van der Waals surface area contributed by atoms with Crippen LogP contribution in [0.3, 0.4) is 0 Å². The van der Waals surface area contributed by atoms with Gasteiger partial charge in [0.15, 0.2) is 12.0 Å². The highest BCUT2D eigenvalue weighted by atomic mass is 79.9. The maximum absolute atomic E-state index is 10.4. The van der Waals surface area contributed by atoms with E-state index in [1.807, 2.05) is 24.3 Å². The molecule has 3 nitrogen and oxygen atoms in total. The molecule has 16 heavy (non-hydrogen) atoms. The molecule has 0 aliphatic carbocycles. The van der Waals surface area contributed by atoms with Crippen molar-refractivity contribution in [3.8, 4) is 5.75 Å². The predicted octanol–water partition coefficient (Wildman–Crippen LogP) is 3.43. The first-order valence-electron chi connectivity index (χ1n) is 4.70. The number of hydrogen-bond donors (Lipinski definition) is 0. The fourth-order valence-corrected chi connectivity index (χ4v) is 1.62. The monoisotopic (exact) mass is 280 g/mol. The Balaban J connectivity index is 1.99. The molecule has 1 aromatic heterocycles. The van der Waals surface area contributed by atoms with Gasteiger partial charge in [-0.25, -0.2) is 0 Å². The van der Waals surface area contributed by atoms with E-state index < -0.39 is 0 Å². The Labute approximate surface area is 101 Å². The molecule has 1 heterocycles. The minimum absolute atomic E-state index is 0.310. The summed E-state index contributed by atoms with van der Waals surface area (Å²) in [4.78, 5) is 10.4. The van der Waals surface area contributed by atoms with Crippen molar-refractivity contribution in [2.45, 2.75) is 6.61 Å². The molecule has 0 saturated heterocycles. The summed E-state index contributed by atoms with van der Waals surface area (Å²) in [7, 11) is 0. The van der Waals surface area contributed by atoms with E-state index in [-0.39, 0.29) is 0 Å². The van der Waals surface area contributed by atoms with E-state index in [0.717, 1.165) is 10.2 Å². The number of ether oxygens (including phenoxy) is 1. The van der Waals surface area contributed by atoms with E-state index in [9.17, 15) is 4.79 Å². The molecule has 0 atom stereocenters. The molecule has 0 bridgehead atoms. The number of furan rings is 1. The van der Waals surface area contributed by atoms with E-state index in [2.05, 4.69) is 15.9 Å². The van der Waals surface area contributed by atoms with Crippen molar-refractivity contribution in [2.24, 2.45) is 0 Å². The van der Waals surface area contributed by atoms with Crippen LogP contribution in [0.4, 0.5) is 0 Å². The average Bonchev–Trinajstić information content (AvgIpc) is 2.74. The van der Waals surface area contributed by atoms with Crippen molar-refractivity contribution in [3.05, 3.63) is 52.4 Å². The molecule has 0 amide bonds. The highest BCUT2D eigenvalue weighted by Gasteiger charge is 2.02. The highest BCUT2D eigenvalue weighted by molar-refractivity contribution is 9.10. The van der Waals surface area contributed by atoms with Crippen molar-refractivity contribution in [1.29, 1.82) is 0 Å². The zero-order chi connectivity index (χ0) is 11.4.